The van der Waals surface area contributed by atoms with E-state index >= 15 is 0 Å². The Labute approximate surface area is 214 Å². The van der Waals surface area contributed by atoms with E-state index in [0.717, 1.165) is 25.7 Å². The summed E-state index contributed by atoms with van der Waals surface area (Å²) >= 11 is 0. The van der Waals surface area contributed by atoms with Crippen LogP contribution in [0, 0.1) is 0 Å². The summed E-state index contributed by atoms with van der Waals surface area (Å²) in [6.45, 7) is 2.51. The van der Waals surface area contributed by atoms with Crippen molar-refractivity contribution in [1.82, 2.24) is 9.55 Å². The van der Waals surface area contributed by atoms with Crippen molar-refractivity contribution in [3.8, 4) is 0 Å². The molecule has 1 aromatic heterocycles. The number of aliphatic hydroxyl groups is 1. The van der Waals surface area contributed by atoms with E-state index in [1.54, 1.807) is 0 Å². The van der Waals surface area contributed by atoms with Crippen LogP contribution in [0.4, 0.5) is 0 Å². The number of aliphatic hydroxyl groups excluding tert-OH is 1. The Hall–Kier alpha value is -1.97. The summed E-state index contributed by atoms with van der Waals surface area (Å²) < 4.78 is 17.7. The monoisotopic (exact) mass is 510 g/mol. The van der Waals surface area contributed by atoms with Crippen LogP contribution in [0.2, 0.25) is 0 Å². The number of nitrogens with one attached hydrogen (secondary N) is 1. The van der Waals surface area contributed by atoms with Gasteiger partial charge in [-0.3, -0.25) is 19.1 Å². The first-order valence-corrected chi connectivity index (χ1v) is 13.8. The van der Waals surface area contributed by atoms with Gasteiger partial charge < -0.3 is 19.3 Å². The van der Waals surface area contributed by atoms with Gasteiger partial charge >= 0.3 is 11.7 Å². The lowest BCUT2D eigenvalue weighted by molar-refractivity contribution is -0.140. The lowest BCUT2D eigenvalue weighted by Crippen LogP contribution is -2.38. The van der Waals surface area contributed by atoms with Crippen LogP contribution in [0.5, 0.6) is 0 Å². The second kappa shape index (κ2) is 17.5. The van der Waals surface area contributed by atoms with Gasteiger partial charge in [0.25, 0.3) is 5.56 Å². The molecule has 0 radical (unpaired) electrons. The zero-order valence-electron chi connectivity index (χ0n) is 22.1. The molecule has 0 aliphatic carbocycles. The molecule has 36 heavy (non-hydrogen) atoms. The zero-order valence-corrected chi connectivity index (χ0v) is 22.1. The topological polar surface area (TPSA) is 120 Å². The Morgan fingerprint density at radius 3 is 2.06 bits per heavy atom. The van der Waals surface area contributed by atoms with Crippen LogP contribution < -0.4 is 11.2 Å². The van der Waals surface area contributed by atoms with Gasteiger partial charge in [-0.25, -0.2) is 4.79 Å². The van der Waals surface area contributed by atoms with Gasteiger partial charge in [0.1, 0.15) is 12.2 Å². The number of unbranched alkanes of at least 4 members (excludes halogenated alkanes) is 12. The Bertz CT molecular complexity index is 853. The number of H-pyrrole nitrogens is 1. The van der Waals surface area contributed by atoms with Gasteiger partial charge in [-0.15, -0.1) is 0 Å². The maximum atomic E-state index is 12.1. The van der Waals surface area contributed by atoms with Crippen LogP contribution in [-0.2, 0) is 19.0 Å². The first-order valence-electron chi connectivity index (χ1n) is 13.8. The van der Waals surface area contributed by atoms with Gasteiger partial charge in [0.2, 0.25) is 0 Å². The summed E-state index contributed by atoms with van der Waals surface area (Å²) in [7, 11) is 1.44. The van der Waals surface area contributed by atoms with E-state index in [0.29, 0.717) is 19.4 Å². The molecule has 1 fully saturated rings. The third kappa shape index (κ3) is 10.6. The van der Waals surface area contributed by atoms with Gasteiger partial charge in [-0.1, -0.05) is 77.6 Å². The first kappa shape index (κ1) is 30.3. The number of hydrogen-bond acceptors (Lipinski definition) is 7. The lowest BCUT2D eigenvalue weighted by Gasteiger charge is -2.20. The van der Waals surface area contributed by atoms with Crippen molar-refractivity contribution in [1.29, 1.82) is 0 Å². The molecule has 1 saturated heterocycles. The van der Waals surface area contributed by atoms with E-state index in [1.165, 1.54) is 81.7 Å². The average Bonchev–Trinajstić information content (AvgIpc) is 3.18. The van der Waals surface area contributed by atoms with E-state index in [2.05, 4.69) is 9.72 Å². The van der Waals surface area contributed by atoms with E-state index in [9.17, 15) is 19.5 Å². The normalized spacial score (nSPS) is 21.6. The molecule has 0 aromatic carbocycles. The number of methoxy groups -OCH3 is 1. The highest BCUT2D eigenvalue weighted by Crippen LogP contribution is 2.32. The fourth-order valence-corrected chi connectivity index (χ4v) is 4.75. The van der Waals surface area contributed by atoms with Crippen LogP contribution in [0.3, 0.4) is 0 Å². The van der Waals surface area contributed by atoms with Gasteiger partial charge in [0.05, 0.1) is 13.2 Å². The molecule has 1 aromatic rings. The maximum Gasteiger partial charge on any atom is 0.330 e. The van der Waals surface area contributed by atoms with Gasteiger partial charge in [-0.2, -0.15) is 0 Å². The quantitative estimate of drug-likeness (QED) is 0.211. The fourth-order valence-electron chi connectivity index (χ4n) is 4.75. The molecule has 9 heteroatoms. The van der Waals surface area contributed by atoms with E-state index in [4.69, 9.17) is 9.47 Å². The number of aromatic nitrogens is 2. The lowest BCUT2D eigenvalue weighted by atomic mass is 10.0. The van der Waals surface area contributed by atoms with Crippen LogP contribution in [0.15, 0.2) is 21.9 Å². The second-order valence-corrected chi connectivity index (χ2v) is 9.74. The molecule has 1 aliphatic heterocycles. The van der Waals surface area contributed by atoms with Gasteiger partial charge in [0.15, 0.2) is 6.23 Å². The number of aromatic amines is 1. The minimum Gasteiger partial charge on any atom is -0.469 e. The standard InChI is InChI=1S/C27H46N2O7/c1-3-21-25(24(32)26(36-21)29-19-18-22(30)28-27(29)33)35-20-16-14-12-10-8-6-4-5-7-9-11-13-15-17-23(31)34-2/h18-19,21,24-26,32H,3-17,20H2,1-2H3,(H,28,30,33). The summed E-state index contributed by atoms with van der Waals surface area (Å²) in [6.07, 6.45) is 15.3. The van der Waals surface area contributed by atoms with E-state index in [1.807, 2.05) is 6.92 Å². The average molecular weight is 511 g/mol. The molecule has 0 amide bonds. The van der Waals surface area contributed by atoms with Gasteiger partial charge in [-0.05, 0) is 19.3 Å². The van der Waals surface area contributed by atoms with Crippen molar-refractivity contribution in [3.05, 3.63) is 33.1 Å². The SMILES string of the molecule is CCC1OC(n2ccc(=O)[nH]c2=O)C(O)C1OCCCCCCCCCCCCCCCC(=O)OC. The minimum atomic E-state index is -0.974. The molecule has 0 spiro atoms. The molecule has 2 rings (SSSR count). The maximum absolute atomic E-state index is 12.1. The second-order valence-electron chi connectivity index (χ2n) is 9.74. The summed E-state index contributed by atoms with van der Waals surface area (Å²) in [5.41, 5.74) is -1.08. The van der Waals surface area contributed by atoms with E-state index < -0.39 is 29.7 Å². The number of ether oxygens (including phenoxy) is 3. The molecule has 206 valence electrons. The molecule has 0 bridgehead atoms. The van der Waals surface area contributed by atoms with Gasteiger partial charge in [0, 0.05) is 25.3 Å². The molecule has 9 nitrogen and oxygen atoms in total. The van der Waals surface area contributed by atoms with Crippen molar-refractivity contribution in [2.75, 3.05) is 13.7 Å². The Morgan fingerprint density at radius 1 is 0.972 bits per heavy atom. The van der Waals surface area contributed by atoms with Crippen LogP contribution in [0.25, 0.3) is 0 Å². The molecular formula is C27H46N2O7. The van der Waals surface area contributed by atoms with Crippen molar-refractivity contribution in [3.63, 3.8) is 0 Å². The zero-order chi connectivity index (χ0) is 26.2. The number of esters is 1. The Kier molecular flexibility index (Phi) is 14.7. The molecule has 4 atom stereocenters. The number of carbonyl (C=O) groups is 1. The fraction of sp³-hybridized carbons (Fsp3) is 0.815. The Morgan fingerprint density at radius 2 is 1.53 bits per heavy atom. The first-order chi connectivity index (χ1) is 17.5. The molecular weight excluding hydrogens is 464 g/mol. The third-order valence-corrected chi connectivity index (χ3v) is 6.90. The third-order valence-electron chi connectivity index (χ3n) is 6.90. The summed E-state index contributed by atoms with van der Waals surface area (Å²) in [5, 5.41) is 10.7. The summed E-state index contributed by atoms with van der Waals surface area (Å²) in [5.74, 6) is -0.105. The number of nitrogens with zero attached hydrogens (tertiary/aromatic N) is 1. The number of rotatable bonds is 19. The number of hydrogen-bond donors (Lipinski definition) is 2. The molecule has 4 unspecified atom stereocenters. The smallest absolute Gasteiger partial charge is 0.330 e. The van der Waals surface area contributed by atoms with E-state index in [-0.39, 0.29) is 12.1 Å². The predicted octanol–water partition coefficient (Wildman–Crippen LogP) is 4.22. The summed E-state index contributed by atoms with van der Waals surface area (Å²) in [4.78, 5) is 36.6. The molecule has 1 aliphatic rings. The highest BCUT2D eigenvalue weighted by molar-refractivity contribution is 5.68. The molecule has 2 heterocycles. The van der Waals surface area contributed by atoms with Crippen molar-refractivity contribution >= 4 is 5.97 Å². The highest BCUT2D eigenvalue weighted by Gasteiger charge is 2.44. The minimum absolute atomic E-state index is 0.105. The predicted molar refractivity (Wildman–Crippen MR) is 138 cm³/mol. The van der Waals surface area contributed by atoms with Crippen LogP contribution >= 0.6 is 0 Å². The van der Waals surface area contributed by atoms with Crippen LogP contribution in [0.1, 0.15) is 109 Å². The Balaban J connectivity index is 1.47. The highest BCUT2D eigenvalue weighted by atomic mass is 16.6. The van der Waals surface area contributed by atoms with Crippen molar-refractivity contribution in [2.45, 2.75) is 128 Å². The summed E-state index contributed by atoms with van der Waals surface area (Å²) in [6, 6.07) is 1.24. The van der Waals surface area contributed by atoms with Crippen molar-refractivity contribution in [2.24, 2.45) is 0 Å². The number of carbonyl (C=O) groups excluding carboxylic acids is 1. The largest absolute Gasteiger partial charge is 0.469 e. The molecule has 2 N–H and O–H groups in total. The van der Waals surface area contributed by atoms with Crippen LogP contribution in [-0.4, -0.2) is 52.7 Å². The van der Waals surface area contributed by atoms with Crippen molar-refractivity contribution < 1.29 is 24.1 Å². The molecule has 0 saturated carbocycles.